The van der Waals surface area contributed by atoms with Crippen LogP contribution in [0.3, 0.4) is 0 Å². The Kier molecular flexibility index (Phi) is 7.59. The molecule has 190 valence electrons. The van der Waals surface area contributed by atoms with Crippen molar-refractivity contribution < 1.29 is 4.74 Å². The number of fused-ring (bicyclic) bond motifs is 1. The Labute approximate surface area is 208 Å². The van der Waals surface area contributed by atoms with Crippen LogP contribution in [0.5, 0.6) is 5.75 Å². The zero-order chi connectivity index (χ0) is 25.2. The number of nitrogens with zero attached hydrogens (tertiary/aromatic N) is 5. The van der Waals surface area contributed by atoms with Gasteiger partial charge in [0.15, 0.2) is 5.82 Å². The van der Waals surface area contributed by atoms with Gasteiger partial charge in [-0.3, -0.25) is 9.69 Å². The molecular formula is C27H40N6O2. The van der Waals surface area contributed by atoms with E-state index in [2.05, 4.69) is 60.0 Å². The molecule has 0 bridgehead atoms. The largest absolute Gasteiger partial charge is 0.497 e. The Morgan fingerprint density at radius 3 is 2.60 bits per heavy atom. The van der Waals surface area contributed by atoms with E-state index in [9.17, 15) is 4.79 Å². The van der Waals surface area contributed by atoms with E-state index in [0.717, 1.165) is 47.3 Å². The molecule has 4 rings (SSSR count). The Bertz CT molecular complexity index is 1190. The van der Waals surface area contributed by atoms with Crippen molar-refractivity contribution in [2.24, 2.45) is 5.92 Å². The molecule has 1 atom stereocenters. The van der Waals surface area contributed by atoms with Crippen molar-refractivity contribution in [3.8, 4) is 5.75 Å². The minimum atomic E-state index is -0.191. The molecule has 2 aromatic heterocycles. The molecule has 0 spiro atoms. The van der Waals surface area contributed by atoms with Crippen LogP contribution in [-0.4, -0.2) is 43.2 Å². The summed E-state index contributed by atoms with van der Waals surface area (Å²) in [6.07, 6.45) is 6.88. The Hall–Kier alpha value is -2.74. The second-order valence-corrected chi connectivity index (χ2v) is 10.8. The van der Waals surface area contributed by atoms with E-state index in [1.807, 2.05) is 28.9 Å². The minimum absolute atomic E-state index is 0.00453. The zero-order valence-electron chi connectivity index (χ0n) is 22.0. The van der Waals surface area contributed by atoms with E-state index in [4.69, 9.17) is 4.74 Å². The Morgan fingerprint density at radius 2 is 1.94 bits per heavy atom. The van der Waals surface area contributed by atoms with Gasteiger partial charge in [-0.15, -0.1) is 5.10 Å². The number of hydrogen-bond acceptors (Lipinski definition) is 6. The van der Waals surface area contributed by atoms with Gasteiger partial charge in [0.05, 0.1) is 24.2 Å². The molecule has 8 heteroatoms. The number of rotatable bonds is 9. The number of ether oxygens (including phenoxy) is 1. The molecule has 1 N–H and O–H groups in total. The van der Waals surface area contributed by atoms with Crippen LogP contribution < -0.4 is 10.3 Å². The van der Waals surface area contributed by atoms with Crippen molar-refractivity contribution in [1.29, 1.82) is 0 Å². The van der Waals surface area contributed by atoms with Crippen LogP contribution in [0.25, 0.3) is 10.9 Å². The highest BCUT2D eigenvalue weighted by Crippen LogP contribution is 2.37. The maximum Gasteiger partial charge on any atom is 0.252 e. The van der Waals surface area contributed by atoms with Gasteiger partial charge < -0.3 is 9.72 Å². The van der Waals surface area contributed by atoms with Crippen molar-refractivity contribution in [3.05, 3.63) is 46.0 Å². The lowest BCUT2D eigenvalue weighted by molar-refractivity contribution is 0.0572. The van der Waals surface area contributed by atoms with Crippen molar-refractivity contribution in [1.82, 2.24) is 30.1 Å². The fourth-order valence-corrected chi connectivity index (χ4v) is 5.32. The van der Waals surface area contributed by atoms with Gasteiger partial charge >= 0.3 is 0 Å². The van der Waals surface area contributed by atoms with Crippen molar-refractivity contribution in [3.63, 3.8) is 0 Å². The van der Waals surface area contributed by atoms with Crippen LogP contribution in [-0.2, 0) is 12.1 Å². The number of aromatic amines is 1. The van der Waals surface area contributed by atoms with Gasteiger partial charge in [0.2, 0.25) is 0 Å². The first kappa shape index (κ1) is 25.4. The molecule has 1 aliphatic carbocycles. The molecule has 0 amide bonds. The van der Waals surface area contributed by atoms with Gasteiger partial charge in [0.25, 0.3) is 5.56 Å². The molecule has 0 aliphatic heterocycles. The summed E-state index contributed by atoms with van der Waals surface area (Å²) >= 11 is 0. The topological polar surface area (TPSA) is 88.9 Å². The molecule has 2 heterocycles. The standard InChI is InChI=1S/C27H40N6O2/c1-7-27(4,5)33-25(29-30-31-33)24(18(2)3)32(21-11-9-8-10-12-21)17-20-15-19-13-14-22(35-6)16-23(19)28-26(20)34/h13-16,18,21,24H,7-12,17H2,1-6H3,(H,28,34)/t24-/m0/s1. The maximum atomic E-state index is 13.2. The van der Waals surface area contributed by atoms with E-state index in [-0.39, 0.29) is 23.1 Å². The molecule has 0 saturated heterocycles. The highest BCUT2D eigenvalue weighted by atomic mass is 16.5. The first-order valence-corrected chi connectivity index (χ1v) is 13.0. The number of pyridine rings is 1. The van der Waals surface area contributed by atoms with E-state index < -0.39 is 0 Å². The summed E-state index contributed by atoms with van der Waals surface area (Å²) in [7, 11) is 1.63. The summed E-state index contributed by atoms with van der Waals surface area (Å²) in [5.74, 6) is 1.90. The van der Waals surface area contributed by atoms with Crippen LogP contribution in [0.4, 0.5) is 0 Å². The van der Waals surface area contributed by atoms with Crippen molar-refractivity contribution >= 4 is 10.9 Å². The van der Waals surface area contributed by atoms with Gasteiger partial charge in [0.1, 0.15) is 5.75 Å². The quantitative estimate of drug-likeness (QED) is 0.453. The summed E-state index contributed by atoms with van der Waals surface area (Å²) < 4.78 is 7.34. The SMILES string of the molecule is CCC(C)(C)n1nnnc1[C@H](C(C)C)N(Cc1cc2ccc(OC)cc2[nH]c1=O)C1CCCCC1. The molecule has 8 nitrogen and oxygen atoms in total. The second-order valence-electron chi connectivity index (χ2n) is 10.8. The van der Waals surface area contributed by atoms with Crippen molar-refractivity contribution in [2.45, 2.75) is 97.3 Å². The number of H-pyrrole nitrogens is 1. The first-order chi connectivity index (χ1) is 16.7. The molecule has 35 heavy (non-hydrogen) atoms. The van der Waals surface area contributed by atoms with E-state index in [1.54, 1.807) is 7.11 Å². The van der Waals surface area contributed by atoms with E-state index in [1.165, 1.54) is 19.3 Å². The predicted molar refractivity (Wildman–Crippen MR) is 139 cm³/mol. The van der Waals surface area contributed by atoms with Crippen molar-refractivity contribution in [2.75, 3.05) is 7.11 Å². The summed E-state index contributed by atoms with van der Waals surface area (Å²) in [6, 6.07) is 8.23. The zero-order valence-corrected chi connectivity index (χ0v) is 22.0. The van der Waals surface area contributed by atoms with Crippen LogP contribution >= 0.6 is 0 Å². The summed E-state index contributed by atoms with van der Waals surface area (Å²) in [6.45, 7) is 11.5. The predicted octanol–water partition coefficient (Wildman–Crippen LogP) is 5.20. The molecule has 3 aromatic rings. The lowest BCUT2D eigenvalue weighted by atomic mass is 9.89. The molecule has 1 saturated carbocycles. The van der Waals surface area contributed by atoms with E-state index in [0.29, 0.717) is 12.6 Å². The number of tetrazole rings is 1. The summed E-state index contributed by atoms with van der Waals surface area (Å²) in [5.41, 5.74) is 1.32. The average molecular weight is 481 g/mol. The molecule has 1 fully saturated rings. The molecule has 0 unspecified atom stereocenters. The third-order valence-corrected chi connectivity index (χ3v) is 7.71. The van der Waals surface area contributed by atoms with Crippen LogP contribution in [0.15, 0.2) is 29.1 Å². The Morgan fingerprint density at radius 1 is 1.20 bits per heavy atom. The fraction of sp³-hybridized carbons (Fsp3) is 0.630. The third-order valence-electron chi connectivity index (χ3n) is 7.71. The number of aromatic nitrogens is 5. The van der Waals surface area contributed by atoms with Gasteiger partial charge in [-0.2, -0.15) is 0 Å². The maximum absolute atomic E-state index is 13.2. The average Bonchev–Trinajstić information content (AvgIpc) is 3.34. The highest BCUT2D eigenvalue weighted by molar-refractivity contribution is 5.80. The van der Waals surface area contributed by atoms with Crippen LogP contribution in [0.2, 0.25) is 0 Å². The first-order valence-electron chi connectivity index (χ1n) is 13.0. The molecule has 1 aromatic carbocycles. The molecular weight excluding hydrogens is 440 g/mol. The lowest BCUT2D eigenvalue weighted by Crippen LogP contribution is -2.44. The second kappa shape index (κ2) is 10.5. The number of nitrogens with one attached hydrogen (secondary N) is 1. The number of hydrogen-bond donors (Lipinski definition) is 1. The van der Waals surface area contributed by atoms with Gasteiger partial charge in [-0.1, -0.05) is 40.0 Å². The fourth-order valence-electron chi connectivity index (χ4n) is 5.32. The lowest BCUT2D eigenvalue weighted by Gasteiger charge is -2.42. The van der Waals surface area contributed by atoms with E-state index >= 15 is 0 Å². The highest BCUT2D eigenvalue weighted by Gasteiger charge is 2.37. The molecule has 1 aliphatic rings. The number of benzene rings is 1. The minimum Gasteiger partial charge on any atom is -0.497 e. The Balaban J connectivity index is 1.78. The van der Waals surface area contributed by atoms with Crippen LogP contribution in [0.1, 0.15) is 90.6 Å². The number of methoxy groups -OCH3 is 1. The molecule has 0 radical (unpaired) electrons. The summed E-state index contributed by atoms with van der Waals surface area (Å²) in [5, 5.41) is 14.1. The summed E-state index contributed by atoms with van der Waals surface area (Å²) in [4.78, 5) is 18.8. The van der Waals surface area contributed by atoms with Crippen LogP contribution in [0, 0.1) is 5.92 Å². The monoisotopic (exact) mass is 480 g/mol. The van der Waals surface area contributed by atoms with Gasteiger partial charge in [-0.25, -0.2) is 4.68 Å². The smallest absolute Gasteiger partial charge is 0.252 e. The van der Waals surface area contributed by atoms with Gasteiger partial charge in [0, 0.05) is 24.2 Å². The van der Waals surface area contributed by atoms with Gasteiger partial charge in [-0.05, 0) is 73.0 Å². The normalized spacial score (nSPS) is 16.3. The third kappa shape index (κ3) is 5.27.